The summed E-state index contributed by atoms with van der Waals surface area (Å²) in [5, 5.41) is 12.5. The van der Waals surface area contributed by atoms with Gasteiger partial charge in [-0.2, -0.15) is 0 Å². The maximum atomic E-state index is 13.0. The molecule has 0 bridgehead atoms. The highest BCUT2D eigenvalue weighted by Gasteiger charge is 2.12. The van der Waals surface area contributed by atoms with Crippen molar-refractivity contribution in [3.8, 4) is 5.75 Å². The molecule has 1 unspecified atom stereocenters. The fraction of sp³-hybridized carbons (Fsp3) is 0.571. The zero-order valence-corrected chi connectivity index (χ0v) is 10.5. The van der Waals surface area contributed by atoms with E-state index in [0.717, 1.165) is 37.6 Å². The average Bonchev–Trinajstić information content (AvgIpc) is 2.35. The van der Waals surface area contributed by atoms with E-state index >= 15 is 0 Å². The predicted molar refractivity (Wildman–Crippen MR) is 68.0 cm³/mol. The highest BCUT2D eigenvalue weighted by molar-refractivity contribution is 5.28. The molecule has 0 spiro atoms. The van der Waals surface area contributed by atoms with Crippen LogP contribution in [0.1, 0.15) is 31.2 Å². The molecule has 2 rings (SSSR count). The second-order valence-corrected chi connectivity index (χ2v) is 4.77. The van der Waals surface area contributed by atoms with Crippen LogP contribution < -0.4 is 5.32 Å². The van der Waals surface area contributed by atoms with Crippen molar-refractivity contribution in [3.05, 3.63) is 29.6 Å². The van der Waals surface area contributed by atoms with Gasteiger partial charge in [0.1, 0.15) is 11.6 Å². The van der Waals surface area contributed by atoms with E-state index in [0.29, 0.717) is 12.6 Å². The molecule has 1 aliphatic rings. The van der Waals surface area contributed by atoms with Crippen LogP contribution in [0.3, 0.4) is 0 Å². The van der Waals surface area contributed by atoms with Crippen molar-refractivity contribution in [2.45, 2.75) is 38.3 Å². The van der Waals surface area contributed by atoms with Crippen molar-refractivity contribution < 1.29 is 14.2 Å². The largest absolute Gasteiger partial charge is 0.508 e. The maximum Gasteiger partial charge on any atom is 0.127 e. The van der Waals surface area contributed by atoms with Crippen LogP contribution in [0.25, 0.3) is 0 Å². The lowest BCUT2D eigenvalue weighted by atomic mass is 10.1. The third kappa shape index (κ3) is 4.27. The number of aromatic hydroxyl groups is 1. The van der Waals surface area contributed by atoms with Crippen LogP contribution in [0.15, 0.2) is 18.2 Å². The maximum absolute atomic E-state index is 13.0. The Morgan fingerprint density at radius 3 is 2.94 bits per heavy atom. The van der Waals surface area contributed by atoms with E-state index in [1.54, 1.807) is 6.07 Å². The Balaban J connectivity index is 1.68. The zero-order valence-electron chi connectivity index (χ0n) is 10.5. The first-order valence-corrected chi connectivity index (χ1v) is 6.55. The van der Waals surface area contributed by atoms with Crippen molar-refractivity contribution in [1.82, 2.24) is 5.32 Å². The minimum Gasteiger partial charge on any atom is -0.508 e. The molecule has 1 fully saturated rings. The van der Waals surface area contributed by atoms with Gasteiger partial charge in [-0.25, -0.2) is 4.39 Å². The second-order valence-electron chi connectivity index (χ2n) is 4.77. The molecule has 0 aromatic heterocycles. The van der Waals surface area contributed by atoms with E-state index in [1.807, 2.05) is 0 Å². The van der Waals surface area contributed by atoms with E-state index in [4.69, 9.17) is 4.74 Å². The van der Waals surface area contributed by atoms with Crippen LogP contribution in [0, 0.1) is 5.82 Å². The van der Waals surface area contributed by atoms with Gasteiger partial charge < -0.3 is 15.2 Å². The van der Waals surface area contributed by atoms with E-state index in [9.17, 15) is 9.50 Å². The van der Waals surface area contributed by atoms with Crippen molar-refractivity contribution in [1.29, 1.82) is 0 Å². The molecule has 1 atom stereocenters. The van der Waals surface area contributed by atoms with Crippen LogP contribution in [-0.2, 0) is 11.3 Å². The Morgan fingerprint density at radius 2 is 2.22 bits per heavy atom. The van der Waals surface area contributed by atoms with Crippen molar-refractivity contribution >= 4 is 0 Å². The first-order chi connectivity index (χ1) is 8.74. The molecule has 4 heteroatoms. The van der Waals surface area contributed by atoms with Gasteiger partial charge in [-0.1, -0.05) is 0 Å². The van der Waals surface area contributed by atoms with E-state index < -0.39 is 5.82 Å². The lowest BCUT2D eigenvalue weighted by Gasteiger charge is -2.22. The van der Waals surface area contributed by atoms with Gasteiger partial charge in [-0.15, -0.1) is 0 Å². The van der Waals surface area contributed by atoms with Crippen molar-refractivity contribution in [2.75, 3.05) is 13.2 Å². The van der Waals surface area contributed by atoms with Crippen LogP contribution in [0.5, 0.6) is 5.75 Å². The van der Waals surface area contributed by atoms with Crippen LogP contribution in [-0.4, -0.2) is 24.4 Å². The molecule has 2 N–H and O–H groups in total. The number of benzene rings is 1. The Hall–Kier alpha value is -1.13. The minimum atomic E-state index is -0.401. The fourth-order valence-corrected chi connectivity index (χ4v) is 2.27. The number of phenols is 1. The summed E-state index contributed by atoms with van der Waals surface area (Å²) >= 11 is 0. The minimum absolute atomic E-state index is 0.0255. The lowest BCUT2D eigenvalue weighted by molar-refractivity contribution is 0.0115. The summed E-state index contributed by atoms with van der Waals surface area (Å²) in [6.07, 6.45) is 4.92. The number of nitrogens with one attached hydrogen (secondary N) is 1. The van der Waals surface area contributed by atoms with Gasteiger partial charge in [-0.3, -0.25) is 0 Å². The molecular weight excluding hydrogens is 233 g/mol. The molecule has 18 heavy (non-hydrogen) atoms. The molecular formula is C14H20FNO2. The lowest BCUT2D eigenvalue weighted by Crippen LogP contribution is -2.25. The Kier molecular flexibility index (Phi) is 4.96. The number of phenolic OH excluding ortho intramolecular Hbond substituents is 1. The Morgan fingerprint density at radius 1 is 1.33 bits per heavy atom. The van der Waals surface area contributed by atoms with E-state index in [2.05, 4.69) is 5.32 Å². The molecule has 0 radical (unpaired) electrons. The normalized spacial score (nSPS) is 19.9. The number of halogens is 1. The first kappa shape index (κ1) is 13.3. The SMILES string of the molecule is Oc1cc(F)cc(CNCCC2CCCCO2)c1. The summed E-state index contributed by atoms with van der Waals surface area (Å²) in [4.78, 5) is 0. The fourth-order valence-electron chi connectivity index (χ4n) is 2.27. The Labute approximate surface area is 107 Å². The summed E-state index contributed by atoms with van der Waals surface area (Å²) in [5.41, 5.74) is 0.761. The van der Waals surface area contributed by atoms with E-state index in [1.165, 1.54) is 18.9 Å². The molecule has 1 aromatic carbocycles. The van der Waals surface area contributed by atoms with Gasteiger partial charge in [0.25, 0.3) is 0 Å². The van der Waals surface area contributed by atoms with Crippen molar-refractivity contribution in [2.24, 2.45) is 0 Å². The number of rotatable bonds is 5. The van der Waals surface area contributed by atoms with Gasteiger partial charge >= 0.3 is 0 Å². The van der Waals surface area contributed by atoms with Gasteiger partial charge in [0, 0.05) is 19.2 Å². The molecule has 1 saturated heterocycles. The highest BCUT2D eigenvalue weighted by atomic mass is 19.1. The second kappa shape index (κ2) is 6.71. The summed E-state index contributed by atoms with van der Waals surface area (Å²) < 4.78 is 18.6. The molecule has 100 valence electrons. The molecule has 0 aliphatic carbocycles. The van der Waals surface area contributed by atoms with Gasteiger partial charge in [-0.05, 0) is 49.9 Å². The molecule has 0 saturated carbocycles. The zero-order chi connectivity index (χ0) is 12.8. The molecule has 0 amide bonds. The van der Waals surface area contributed by atoms with Gasteiger partial charge in [0.05, 0.1) is 6.10 Å². The summed E-state index contributed by atoms with van der Waals surface area (Å²) in [5.74, 6) is -0.426. The van der Waals surface area contributed by atoms with Crippen LogP contribution >= 0.6 is 0 Å². The molecule has 3 nitrogen and oxygen atoms in total. The third-order valence-corrected chi connectivity index (χ3v) is 3.19. The number of ether oxygens (including phenoxy) is 1. The monoisotopic (exact) mass is 253 g/mol. The number of hydrogen-bond donors (Lipinski definition) is 2. The predicted octanol–water partition coefficient (Wildman–Crippen LogP) is 2.58. The van der Waals surface area contributed by atoms with Crippen molar-refractivity contribution in [3.63, 3.8) is 0 Å². The van der Waals surface area contributed by atoms with E-state index in [-0.39, 0.29) is 5.75 Å². The highest BCUT2D eigenvalue weighted by Crippen LogP contribution is 2.16. The first-order valence-electron chi connectivity index (χ1n) is 6.55. The third-order valence-electron chi connectivity index (χ3n) is 3.19. The van der Waals surface area contributed by atoms with Gasteiger partial charge in [0.2, 0.25) is 0 Å². The topological polar surface area (TPSA) is 41.5 Å². The molecule has 1 heterocycles. The van der Waals surface area contributed by atoms with Crippen LogP contribution in [0.2, 0.25) is 0 Å². The van der Waals surface area contributed by atoms with Gasteiger partial charge in [0.15, 0.2) is 0 Å². The summed E-state index contributed by atoms with van der Waals surface area (Å²) in [6.45, 7) is 2.29. The molecule has 1 aliphatic heterocycles. The Bertz CT molecular complexity index is 358. The quantitative estimate of drug-likeness (QED) is 0.792. The number of hydrogen-bond acceptors (Lipinski definition) is 3. The average molecular weight is 253 g/mol. The summed E-state index contributed by atoms with van der Waals surface area (Å²) in [7, 11) is 0. The standard InChI is InChI=1S/C14H20FNO2/c15-12-7-11(8-13(17)9-12)10-16-5-4-14-3-1-2-6-18-14/h7-9,14,16-17H,1-6,10H2. The molecule has 1 aromatic rings. The summed E-state index contributed by atoms with van der Waals surface area (Å²) in [6, 6.07) is 4.12. The van der Waals surface area contributed by atoms with Crippen LogP contribution in [0.4, 0.5) is 4.39 Å². The smallest absolute Gasteiger partial charge is 0.127 e.